The van der Waals surface area contributed by atoms with E-state index in [0.29, 0.717) is 17.2 Å². The van der Waals surface area contributed by atoms with E-state index in [9.17, 15) is 8.78 Å². The van der Waals surface area contributed by atoms with E-state index in [4.69, 9.17) is 0 Å². The van der Waals surface area contributed by atoms with Gasteiger partial charge < -0.3 is 5.32 Å². The largest absolute Gasteiger partial charge is 0.382 e. The minimum Gasteiger partial charge on any atom is -0.382 e. The Morgan fingerprint density at radius 2 is 1.82 bits per heavy atom. The summed E-state index contributed by atoms with van der Waals surface area (Å²) in [5.41, 5.74) is 0.643. The van der Waals surface area contributed by atoms with Crippen molar-refractivity contribution in [3.63, 3.8) is 0 Å². The molecule has 94 valence electrons. The van der Waals surface area contributed by atoms with Crippen LogP contribution >= 0.6 is 0 Å². The van der Waals surface area contributed by atoms with E-state index in [2.05, 4.69) is 5.32 Å². The van der Waals surface area contributed by atoms with Crippen LogP contribution in [0.15, 0.2) is 12.1 Å². The second-order valence-electron chi connectivity index (χ2n) is 4.97. The van der Waals surface area contributed by atoms with Gasteiger partial charge in [0.15, 0.2) is 0 Å². The zero-order valence-corrected chi connectivity index (χ0v) is 10.2. The molecule has 1 aliphatic carbocycles. The van der Waals surface area contributed by atoms with Crippen molar-refractivity contribution in [3.05, 3.63) is 29.3 Å². The molecule has 0 bridgehead atoms. The second kappa shape index (κ2) is 5.48. The third-order valence-electron chi connectivity index (χ3n) is 3.55. The Kier molecular flexibility index (Phi) is 3.97. The summed E-state index contributed by atoms with van der Waals surface area (Å²) in [7, 11) is 0. The Labute approximate surface area is 101 Å². The highest BCUT2D eigenvalue weighted by atomic mass is 19.1. The van der Waals surface area contributed by atoms with E-state index in [1.807, 2.05) is 0 Å². The van der Waals surface area contributed by atoms with Crippen molar-refractivity contribution in [1.29, 1.82) is 0 Å². The van der Waals surface area contributed by atoms with Gasteiger partial charge in [0.1, 0.15) is 11.6 Å². The molecule has 0 radical (unpaired) electrons. The molecule has 1 nitrogen and oxygen atoms in total. The fourth-order valence-electron chi connectivity index (χ4n) is 2.43. The Hall–Kier alpha value is -1.12. The van der Waals surface area contributed by atoms with E-state index >= 15 is 0 Å². The lowest BCUT2D eigenvalue weighted by atomic mass is 9.89. The van der Waals surface area contributed by atoms with E-state index < -0.39 is 0 Å². The third kappa shape index (κ3) is 3.18. The molecule has 1 N–H and O–H groups in total. The van der Waals surface area contributed by atoms with Crippen molar-refractivity contribution in [2.24, 2.45) is 5.92 Å². The molecule has 0 saturated heterocycles. The topological polar surface area (TPSA) is 12.0 Å². The third-order valence-corrected chi connectivity index (χ3v) is 3.55. The summed E-state index contributed by atoms with van der Waals surface area (Å²) in [6.45, 7) is 2.32. The quantitative estimate of drug-likeness (QED) is 0.830. The van der Waals surface area contributed by atoms with Crippen LogP contribution in [0.5, 0.6) is 0 Å². The maximum atomic E-state index is 13.6. The number of hydrogen-bond donors (Lipinski definition) is 1. The number of nitrogens with one attached hydrogen (secondary N) is 1. The molecule has 0 spiro atoms. The van der Waals surface area contributed by atoms with Gasteiger partial charge >= 0.3 is 0 Å². The molecule has 0 atom stereocenters. The zero-order valence-electron chi connectivity index (χ0n) is 10.2. The van der Waals surface area contributed by atoms with Crippen LogP contribution in [0.1, 0.15) is 37.7 Å². The van der Waals surface area contributed by atoms with Gasteiger partial charge in [-0.1, -0.05) is 19.3 Å². The first-order chi connectivity index (χ1) is 8.16. The predicted octanol–water partition coefficient (Wildman–Crippen LogP) is 4.27. The first-order valence-corrected chi connectivity index (χ1v) is 6.36. The molecular formula is C14H19F2N. The van der Waals surface area contributed by atoms with Gasteiger partial charge in [-0.15, -0.1) is 0 Å². The van der Waals surface area contributed by atoms with Crippen molar-refractivity contribution in [2.75, 3.05) is 11.9 Å². The van der Waals surface area contributed by atoms with Gasteiger partial charge in [-0.3, -0.25) is 0 Å². The Morgan fingerprint density at radius 3 is 2.53 bits per heavy atom. The summed E-state index contributed by atoms with van der Waals surface area (Å²) in [4.78, 5) is 0. The first kappa shape index (κ1) is 12.3. The number of anilines is 1. The molecule has 1 aliphatic rings. The van der Waals surface area contributed by atoms with Crippen molar-refractivity contribution in [2.45, 2.75) is 39.0 Å². The van der Waals surface area contributed by atoms with Crippen LogP contribution in [0.4, 0.5) is 14.5 Å². The molecule has 0 unspecified atom stereocenters. The minimum atomic E-state index is -0.361. The molecule has 2 rings (SSSR count). The number of hydrogen-bond acceptors (Lipinski definition) is 1. The molecule has 1 saturated carbocycles. The monoisotopic (exact) mass is 239 g/mol. The van der Waals surface area contributed by atoms with Crippen LogP contribution in [0.25, 0.3) is 0 Å². The molecule has 3 heteroatoms. The molecular weight excluding hydrogens is 220 g/mol. The fourth-order valence-corrected chi connectivity index (χ4v) is 2.43. The average molecular weight is 239 g/mol. The van der Waals surface area contributed by atoms with E-state index in [1.165, 1.54) is 44.2 Å². The van der Waals surface area contributed by atoms with Gasteiger partial charge in [0.05, 0.1) is 5.69 Å². The van der Waals surface area contributed by atoms with Crippen molar-refractivity contribution >= 4 is 5.69 Å². The SMILES string of the molecule is Cc1cc(F)c(NCC2CCCCC2)cc1F. The van der Waals surface area contributed by atoms with Crippen molar-refractivity contribution < 1.29 is 8.78 Å². The lowest BCUT2D eigenvalue weighted by Gasteiger charge is -2.22. The highest BCUT2D eigenvalue weighted by Gasteiger charge is 2.14. The number of rotatable bonds is 3. The smallest absolute Gasteiger partial charge is 0.146 e. The van der Waals surface area contributed by atoms with Gasteiger partial charge in [0.25, 0.3) is 0 Å². The van der Waals surface area contributed by atoms with Crippen LogP contribution in [-0.2, 0) is 0 Å². The second-order valence-corrected chi connectivity index (χ2v) is 4.97. The van der Waals surface area contributed by atoms with E-state index in [1.54, 1.807) is 6.92 Å². The molecule has 0 amide bonds. The van der Waals surface area contributed by atoms with Gasteiger partial charge in [-0.25, -0.2) is 8.78 Å². The lowest BCUT2D eigenvalue weighted by Crippen LogP contribution is -2.17. The van der Waals surface area contributed by atoms with Crippen LogP contribution in [0.2, 0.25) is 0 Å². The Morgan fingerprint density at radius 1 is 1.12 bits per heavy atom. The molecule has 17 heavy (non-hydrogen) atoms. The summed E-state index contributed by atoms with van der Waals surface area (Å²) in [5.74, 6) is -0.107. The summed E-state index contributed by atoms with van der Waals surface area (Å²) < 4.78 is 26.9. The van der Waals surface area contributed by atoms with Crippen LogP contribution < -0.4 is 5.32 Å². The van der Waals surface area contributed by atoms with E-state index in [0.717, 1.165) is 6.54 Å². The van der Waals surface area contributed by atoms with Gasteiger partial charge in [0.2, 0.25) is 0 Å². The molecule has 0 aromatic heterocycles. The first-order valence-electron chi connectivity index (χ1n) is 6.36. The zero-order chi connectivity index (χ0) is 12.3. The van der Waals surface area contributed by atoms with Crippen molar-refractivity contribution in [1.82, 2.24) is 0 Å². The van der Waals surface area contributed by atoms with Gasteiger partial charge in [0, 0.05) is 12.6 Å². The van der Waals surface area contributed by atoms with Crippen molar-refractivity contribution in [3.8, 4) is 0 Å². The number of aryl methyl sites for hydroxylation is 1. The summed E-state index contributed by atoms with van der Waals surface area (Å²) in [6.07, 6.45) is 6.23. The molecule has 0 aliphatic heterocycles. The average Bonchev–Trinajstić information content (AvgIpc) is 2.33. The van der Waals surface area contributed by atoms with Crippen LogP contribution in [-0.4, -0.2) is 6.54 Å². The Balaban J connectivity index is 1.96. The summed E-state index contributed by atoms with van der Waals surface area (Å²) in [5, 5.41) is 3.04. The standard InChI is InChI=1S/C14H19F2N/c1-10-7-13(16)14(8-12(10)15)17-9-11-5-3-2-4-6-11/h7-8,11,17H,2-6,9H2,1H3. The normalized spacial score (nSPS) is 17.1. The predicted molar refractivity (Wildman–Crippen MR) is 66.2 cm³/mol. The highest BCUT2D eigenvalue weighted by Crippen LogP contribution is 2.25. The van der Waals surface area contributed by atoms with Crippen LogP contribution in [0.3, 0.4) is 0 Å². The molecule has 1 fully saturated rings. The molecule has 1 aromatic carbocycles. The lowest BCUT2D eigenvalue weighted by molar-refractivity contribution is 0.373. The summed E-state index contributed by atoms with van der Waals surface area (Å²) >= 11 is 0. The highest BCUT2D eigenvalue weighted by molar-refractivity contribution is 5.46. The minimum absolute atomic E-state index is 0.290. The van der Waals surface area contributed by atoms with Gasteiger partial charge in [-0.2, -0.15) is 0 Å². The molecule has 0 heterocycles. The number of halogens is 2. The number of benzene rings is 1. The Bertz CT molecular complexity index is 384. The van der Waals surface area contributed by atoms with Crippen LogP contribution in [0, 0.1) is 24.5 Å². The summed E-state index contributed by atoms with van der Waals surface area (Å²) in [6, 6.07) is 2.51. The van der Waals surface area contributed by atoms with Gasteiger partial charge in [-0.05, 0) is 37.3 Å². The molecule has 1 aromatic rings. The maximum absolute atomic E-state index is 13.6. The fraction of sp³-hybridized carbons (Fsp3) is 0.571. The van der Waals surface area contributed by atoms with E-state index in [-0.39, 0.29) is 11.6 Å². The maximum Gasteiger partial charge on any atom is 0.146 e.